The summed E-state index contributed by atoms with van der Waals surface area (Å²) >= 11 is 0. The van der Waals surface area contributed by atoms with Gasteiger partial charge in [-0.15, -0.1) is 0 Å². The molecule has 1 rings (SSSR count). The first kappa shape index (κ1) is 16.9. The maximum absolute atomic E-state index is 13.5. The second-order valence-corrected chi connectivity index (χ2v) is 4.64. The van der Waals surface area contributed by atoms with E-state index in [1.54, 1.807) is 0 Å². The number of carboxylic acids is 1. The van der Waals surface area contributed by atoms with Crippen LogP contribution in [-0.4, -0.2) is 22.5 Å². The average molecular weight is 307 g/mol. The van der Waals surface area contributed by atoms with E-state index in [4.69, 9.17) is 5.11 Å². The van der Waals surface area contributed by atoms with Crippen molar-refractivity contribution in [3.63, 3.8) is 0 Å². The van der Waals surface area contributed by atoms with Gasteiger partial charge in [-0.2, -0.15) is 13.2 Å². The van der Waals surface area contributed by atoms with Crippen LogP contribution in [0.2, 0.25) is 0 Å². The molecule has 21 heavy (non-hydrogen) atoms. The Bertz CT molecular complexity index is 571. The predicted octanol–water partition coefficient (Wildman–Crippen LogP) is 2.83. The number of alkyl halides is 3. The molecule has 0 radical (unpaired) electrons. The van der Waals surface area contributed by atoms with Crippen LogP contribution >= 0.6 is 0 Å². The van der Waals surface area contributed by atoms with Crippen LogP contribution in [0.25, 0.3) is 0 Å². The van der Waals surface area contributed by atoms with Crippen molar-refractivity contribution in [2.45, 2.75) is 32.0 Å². The molecule has 0 saturated carbocycles. The van der Waals surface area contributed by atoms with Crippen molar-refractivity contribution in [1.29, 1.82) is 0 Å². The number of halogens is 4. The molecule has 0 aliphatic rings. The Balaban J connectivity index is 3.16. The Labute approximate surface area is 117 Å². The van der Waals surface area contributed by atoms with Gasteiger partial charge >= 0.3 is 12.1 Å². The van der Waals surface area contributed by atoms with E-state index in [0.717, 1.165) is 0 Å². The van der Waals surface area contributed by atoms with Crippen LogP contribution in [-0.2, 0) is 11.0 Å². The summed E-state index contributed by atoms with van der Waals surface area (Å²) in [6.45, 7) is 2.65. The highest BCUT2D eigenvalue weighted by atomic mass is 19.4. The zero-order chi connectivity index (χ0) is 16.4. The summed E-state index contributed by atoms with van der Waals surface area (Å²) in [6, 6.07) is 1.37. The minimum absolute atomic E-state index is 0.0192. The van der Waals surface area contributed by atoms with E-state index in [1.807, 2.05) is 5.32 Å². The van der Waals surface area contributed by atoms with Gasteiger partial charge in [0.25, 0.3) is 5.91 Å². The molecule has 8 heteroatoms. The quantitative estimate of drug-likeness (QED) is 0.841. The lowest BCUT2D eigenvalue weighted by Crippen LogP contribution is -2.51. The van der Waals surface area contributed by atoms with E-state index in [0.29, 0.717) is 18.2 Å². The summed E-state index contributed by atoms with van der Waals surface area (Å²) in [6.07, 6.45) is -4.75. The van der Waals surface area contributed by atoms with E-state index in [2.05, 4.69) is 0 Å². The molecule has 1 aromatic carbocycles. The first-order valence-corrected chi connectivity index (χ1v) is 5.94. The van der Waals surface area contributed by atoms with Crippen LogP contribution in [0.5, 0.6) is 0 Å². The minimum Gasteiger partial charge on any atom is -0.480 e. The monoisotopic (exact) mass is 307 g/mol. The topological polar surface area (TPSA) is 66.4 Å². The highest BCUT2D eigenvalue weighted by Crippen LogP contribution is 2.30. The average Bonchev–Trinajstić information content (AvgIpc) is 2.37. The molecule has 0 fully saturated rings. The number of hydrogen-bond acceptors (Lipinski definition) is 2. The number of aliphatic carboxylic acids is 1. The van der Waals surface area contributed by atoms with E-state index >= 15 is 0 Å². The van der Waals surface area contributed by atoms with Crippen LogP contribution in [0.1, 0.15) is 36.2 Å². The molecule has 1 atom stereocenters. The number of rotatable bonds is 4. The first-order valence-electron chi connectivity index (χ1n) is 5.94. The first-order chi connectivity index (χ1) is 9.51. The Kier molecular flexibility index (Phi) is 4.60. The molecule has 1 amide bonds. The lowest BCUT2D eigenvalue weighted by Gasteiger charge is -2.24. The highest BCUT2D eigenvalue weighted by molar-refractivity contribution is 5.98. The van der Waals surface area contributed by atoms with E-state index in [-0.39, 0.29) is 6.42 Å². The van der Waals surface area contributed by atoms with Crippen LogP contribution < -0.4 is 5.32 Å². The third kappa shape index (κ3) is 3.71. The molecular formula is C13H13F4NO3. The molecule has 0 spiro atoms. The Morgan fingerprint density at radius 2 is 1.86 bits per heavy atom. The molecule has 4 nitrogen and oxygen atoms in total. The number of carboxylic acid groups (broad SMARTS) is 1. The molecule has 0 aliphatic heterocycles. The normalized spacial score (nSPS) is 14.4. The van der Waals surface area contributed by atoms with E-state index < -0.39 is 40.5 Å². The number of nitrogens with one attached hydrogen (secondary N) is 1. The molecular weight excluding hydrogens is 294 g/mol. The number of benzene rings is 1. The Morgan fingerprint density at radius 1 is 1.29 bits per heavy atom. The zero-order valence-corrected chi connectivity index (χ0v) is 11.2. The lowest BCUT2D eigenvalue weighted by atomic mass is 9.98. The fraction of sp³-hybridized carbons (Fsp3) is 0.385. The molecule has 0 heterocycles. The summed E-state index contributed by atoms with van der Waals surface area (Å²) < 4.78 is 51.2. The van der Waals surface area contributed by atoms with Gasteiger partial charge in [0.1, 0.15) is 11.4 Å². The van der Waals surface area contributed by atoms with Crippen molar-refractivity contribution in [2.75, 3.05) is 0 Å². The molecule has 2 N–H and O–H groups in total. The summed E-state index contributed by atoms with van der Waals surface area (Å²) in [5.41, 5.74) is -3.74. The fourth-order valence-corrected chi connectivity index (χ4v) is 1.49. The molecule has 1 aromatic rings. The SMILES string of the molecule is CCC(C)(NC(=O)c1cc(C(F)(F)F)ccc1F)C(=O)O. The van der Waals surface area contributed by atoms with Crippen molar-refractivity contribution in [1.82, 2.24) is 5.32 Å². The molecule has 116 valence electrons. The number of amides is 1. The molecule has 0 aliphatic carbocycles. The van der Waals surface area contributed by atoms with Crippen molar-refractivity contribution in [2.24, 2.45) is 0 Å². The predicted molar refractivity (Wildman–Crippen MR) is 65.2 cm³/mol. The number of hydrogen-bond donors (Lipinski definition) is 2. The standard InChI is InChI=1S/C13H13F4NO3/c1-3-12(2,11(20)21)18-10(19)8-6-7(13(15,16)17)4-5-9(8)14/h4-6H,3H2,1-2H3,(H,18,19)(H,20,21). The maximum atomic E-state index is 13.5. The van der Waals surface area contributed by atoms with Crippen LogP contribution in [0.15, 0.2) is 18.2 Å². The van der Waals surface area contributed by atoms with Gasteiger partial charge in [-0.1, -0.05) is 6.92 Å². The third-order valence-corrected chi connectivity index (χ3v) is 3.11. The summed E-state index contributed by atoms with van der Waals surface area (Å²) in [7, 11) is 0. The van der Waals surface area contributed by atoms with Crippen molar-refractivity contribution >= 4 is 11.9 Å². The summed E-state index contributed by atoms with van der Waals surface area (Å²) in [4.78, 5) is 22.9. The summed E-state index contributed by atoms with van der Waals surface area (Å²) in [5, 5.41) is 11.0. The van der Waals surface area contributed by atoms with Gasteiger partial charge in [0.2, 0.25) is 0 Å². The lowest BCUT2D eigenvalue weighted by molar-refractivity contribution is -0.144. The van der Waals surface area contributed by atoms with Crippen LogP contribution in [0, 0.1) is 5.82 Å². The molecule has 0 saturated heterocycles. The van der Waals surface area contributed by atoms with Gasteiger partial charge in [-0.05, 0) is 31.5 Å². The van der Waals surface area contributed by atoms with Gasteiger partial charge in [-0.25, -0.2) is 9.18 Å². The molecule has 0 aromatic heterocycles. The van der Waals surface area contributed by atoms with Gasteiger partial charge in [-0.3, -0.25) is 4.79 Å². The van der Waals surface area contributed by atoms with Crippen molar-refractivity contribution in [3.05, 3.63) is 35.1 Å². The van der Waals surface area contributed by atoms with Gasteiger partial charge in [0.05, 0.1) is 11.1 Å². The van der Waals surface area contributed by atoms with Crippen LogP contribution in [0.4, 0.5) is 17.6 Å². The van der Waals surface area contributed by atoms with Crippen molar-refractivity contribution in [3.8, 4) is 0 Å². The maximum Gasteiger partial charge on any atom is 0.416 e. The van der Waals surface area contributed by atoms with E-state index in [9.17, 15) is 27.2 Å². The Hall–Kier alpha value is -2.12. The summed E-state index contributed by atoms with van der Waals surface area (Å²) in [5.74, 6) is -3.75. The highest BCUT2D eigenvalue weighted by Gasteiger charge is 2.35. The van der Waals surface area contributed by atoms with Crippen LogP contribution in [0.3, 0.4) is 0 Å². The fourth-order valence-electron chi connectivity index (χ4n) is 1.49. The number of carbonyl (C=O) groups is 2. The minimum atomic E-state index is -4.73. The van der Waals surface area contributed by atoms with E-state index in [1.165, 1.54) is 13.8 Å². The molecule has 1 unspecified atom stereocenters. The molecule has 0 bridgehead atoms. The number of carbonyl (C=O) groups excluding carboxylic acids is 1. The zero-order valence-electron chi connectivity index (χ0n) is 11.2. The van der Waals surface area contributed by atoms with Gasteiger partial charge < -0.3 is 10.4 Å². The smallest absolute Gasteiger partial charge is 0.416 e. The van der Waals surface area contributed by atoms with Gasteiger partial charge in [0.15, 0.2) is 0 Å². The Morgan fingerprint density at radius 3 is 2.29 bits per heavy atom. The third-order valence-electron chi connectivity index (χ3n) is 3.11. The second kappa shape index (κ2) is 5.71. The second-order valence-electron chi connectivity index (χ2n) is 4.64. The van der Waals surface area contributed by atoms with Crippen molar-refractivity contribution < 1.29 is 32.3 Å². The largest absolute Gasteiger partial charge is 0.480 e. The van der Waals surface area contributed by atoms with Gasteiger partial charge in [0, 0.05) is 0 Å².